The number of nitro benzene ring substituents is 1. The molecule has 0 bridgehead atoms. The monoisotopic (exact) mass is 340 g/mol. The van der Waals surface area contributed by atoms with Crippen LogP contribution in [-0.2, 0) is 4.79 Å². The number of nitrogens with one attached hydrogen (secondary N) is 1. The molecule has 0 fully saturated rings. The van der Waals surface area contributed by atoms with Crippen molar-refractivity contribution in [1.82, 2.24) is 10.3 Å². The molecule has 0 aliphatic carbocycles. The van der Waals surface area contributed by atoms with Crippen molar-refractivity contribution in [2.24, 2.45) is 5.10 Å². The highest BCUT2D eigenvalue weighted by atomic mass is 16.6. The van der Waals surface area contributed by atoms with E-state index in [0.29, 0.717) is 11.1 Å². The van der Waals surface area contributed by atoms with Crippen molar-refractivity contribution in [1.29, 1.82) is 0 Å². The molecule has 2 amide bonds. The van der Waals surface area contributed by atoms with E-state index in [0.717, 1.165) is 0 Å². The Morgan fingerprint density at radius 3 is 2.60 bits per heavy atom. The van der Waals surface area contributed by atoms with Gasteiger partial charge in [-0.1, -0.05) is 30.3 Å². The molecule has 8 heteroatoms. The minimum Gasteiger partial charge on any atom is -0.332 e. The lowest BCUT2D eigenvalue weighted by molar-refractivity contribution is -0.384. The van der Waals surface area contributed by atoms with Gasteiger partial charge in [-0.05, 0) is 12.1 Å². The van der Waals surface area contributed by atoms with Crippen LogP contribution in [0.3, 0.4) is 0 Å². The van der Waals surface area contributed by atoms with Crippen LogP contribution in [-0.4, -0.2) is 41.4 Å². The topological polar surface area (TPSA) is 105 Å². The second kappa shape index (κ2) is 8.34. The third kappa shape index (κ3) is 5.24. The van der Waals surface area contributed by atoms with E-state index >= 15 is 0 Å². The Hall–Kier alpha value is -3.55. The fourth-order valence-corrected chi connectivity index (χ4v) is 2.02. The van der Waals surface area contributed by atoms with E-state index in [4.69, 9.17) is 0 Å². The molecule has 0 aromatic heterocycles. The molecule has 1 N–H and O–H groups in total. The predicted octanol–water partition coefficient (Wildman–Crippen LogP) is 1.82. The van der Waals surface area contributed by atoms with Gasteiger partial charge in [-0.2, -0.15) is 5.10 Å². The molecule has 25 heavy (non-hydrogen) atoms. The molecule has 0 heterocycles. The number of nitro groups is 1. The van der Waals surface area contributed by atoms with Crippen LogP contribution in [0.25, 0.3) is 0 Å². The second-order valence-corrected chi connectivity index (χ2v) is 5.17. The van der Waals surface area contributed by atoms with Crippen LogP contribution in [0, 0.1) is 10.1 Å². The van der Waals surface area contributed by atoms with Crippen LogP contribution in [0.2, 0.25) is 0 Å². The van der Waals surface area contributed by atoms with E-state index in [1.165, 1.54) is 36.4 Å². The van der Waals surface area contributed by atoms with Gasteiger partial charge in [0.25, 0.3) is 17.5 Å². The maximum Gasteiger partial charge on any atom is 0.270 e. The molecule has 128 valence electrons. The molecule has 2 rings (SSSR count). The smallest absolute Gasteiger partial charge is 0.270 e. The zero-order valence-corrected chi connectivity index (χ0v) is 13.5. The highest BCUT2D eigenvalue weighted by Gasteiger charge is 2.14. The summed E-state index contributed by atoms with van der Waals surface area (Å²) in [4.78, 5) is 35.4. The van der Waals surface area contributed by atoms with Crippen molar-refractivity contribution in [3.63, 3.8) is 0 Å². The number of carbonyl (C=O) groups is 2. The molecule has 0 unspecified atom stereocenters. The van der Waals surface area contributed by atoms with E-state index in [1.807, 2.05) is 0 Å². The zero-order chi connectivity index (χ0) is 18.2. The summed E-state index contributed by atoms with van der Waals surface area (Å²) in [6, 6.07) is 14.4. The van der Waals surface area contributed by atoms with Gasteiger partial charge in [-0.25, -0.2) is 5.43 Å². The molecule has 0 spiro atoms. The normalized spacial score (nSPS) is 10.4. The maximum absolute atomic E-state index is 12.1. The van der Waals surface area contributed by atoms with Gasteiger partial charge in [0.05, 0.1) is 11.1 Å². The van der Waals surface area contributed by atoms with Crippen molar-refractivity contribution < 1.29 is 14.5 Å². The molecule has 2 aromatic carbocycles. The Labute approximate surface area is 143 Å². The minimum absolute atomic E-state index is 0.0662. The first-order valence-corrected chi connectivity index (χ1v) is 7.34. The molecule has 0 atom stereocenters. The molecule has 0 radical (unpaired) electrons. The van der Waals surface area contributed by atoms with Crippen LogP contribution in [0.1, 0.15) is 15.9 Å². The van der Waals surface area contributed by atoms with Gasteiger partial charge in [-0.15, -0.1) is 0 Å². The number of carbonyl (C=O) groups excluding carboxylic acids is 2. The van der Waals surface area contributed by atoms with E-state index in [2.05, 4.69) is 10.5 Å². The first-order chi connectivity index (χ1) is 12.0. The maximum atomic E-state index is 12.1. The van der Waals surface area contributed by atoms with Crippen molar-refractivity contribution in [2.45, 2.75) is 0 Å². The molecule has 2 aromatic rings. The number of benzene rings is 2. The SMILES string of the molecule is CN(CC(=O)NN=Cc1cccc([N+](=O)[O-])c1)C(=O)c1ccccc1. The standard InChI is InChI=1S/C17H16N4O4/c1-20(17(23)14-7-3-2-4-8-14)12-16(22)19-18-11-13-6-5-9-15(10-13)21(24)25/h2-11H,12H2,1H3,(H,19,22). The largest absolute Gasteiger partial charge is 0.332 e. The molecule has 0 aliphatic heterocycles. The van der Waals surface area contributed by atoms with Gasteiger partial charge in [0.15, 0.2) is 0 Å². The summed E-state index contributed by atoms with van der Waals surface area (Å²) in [6.45, 7) is -0.167. The number of likely N-dealkylation sites (N-methyl/N-ethyl adjacent to an activating group) is 1. The van der Waals surface area contributed by atoms with Crippen LogP contribution in [0.4, 0.5) is 5.69 Å². The molecular formula is C17H16N4O4. The van der Waals surface area contributed by atoms with Gasteiger partial charge in [0.2, 0.25) is 0 Å². The number of amides is 2. The highest BCUT2D eigenvalue weighted by molar-refractivity contribution is 5.96. The fourth-order valence-electron chi connectivity index (χ4n) is 2.02. The molecular weight excluding hydrogens is 324 g/mol. The average Bonchev–Trinajstić information content (AvgIpc) is 2.62. The van der Waals surface area contributed by atoms with Crippen molar-refractivity contribution in [2.75, 3.05) is 13.6 Å². The van der Waals surface area contributed by atoms with Gasteiger partial charge in [0.1, 0.15) is 6.54 Å². The van der Waals surface area contributed by atoms with Gasteiger partial charge in [-0.3, -0.25) is 19.7 Å². The minimum atomic E-state index is -0.514. The van der Waals surface area contributed by atoms with Crippen LogP contribution < -0.4 is 5.43 Å². The average molecular weight is 340 g/mol. The Morgan fingerprint density at radius 2 is 1.92 bits per heavy atom. The number of nitrogens with zero attached hydrogens (tertiary/aromatic N) is 3. The predicted molar refractivity (Wildman–Crippen MR) is 92.2 cm³/mol. The summed E-state index contributed by atoms with van der Waals surface area (Å²) >= 11 is 0. The van der Waals surface area contributed by atoms with Crippen molar-refractivity contribution in [3.05, 3.63) is 75.8 Å². The lowest BCUT2D eigenvalue weighted by Crippen LogP contribution is -2.36. The van der Waals surface area contributed by atoms with Crippen LogP contribution in [0.5, 0.6) is 0 Å². The summed E-state index contributed by atoms with van der Waals surface area (Å²) in [5, 5.41) is 14.4. The fraction of sp³-hybridized carbons (Fsp3) is 0.118. The molecule has 8 nitrogen and oxygen atoms in total. The summed E-state index contributed by atoms with van der Waals surface area (Å²) in [5.74, 6) is -0.758. The number of non-ortho nitro benzene ring substituents is 1. The third-order valence-electron chi connectivity index (χ3n) is 3.23. The lowest BCUT2D eigenvalue weighted by atomic mass is 10.2. The number of hydrogen-bond donors (Lipinski definition) is 1. The number of rotatable bonds is 6. The molecule has 0 aliphatic rings. The Morgan fingerprint density at radius 1 is 1.20 bits per heavy atom. The molecule has 0 saturated heterocycles. The van der Waals surface area contributed by atoms with Crippen molar-refractivity contribution >= 4 is 23.7 Å². The summed E-state index contributed by atoms with van der Waals surface area (Å²) in [5.41, 5.74) is 3.18. The second-order valence-electron chi connectivity index (χ2n) is 5.17. The van der Waals surface area contributed by atoms with Gasteiger partial charge >= 0.3 is 0 Å². The van der Waals surface area contributed by atoms with Crippen molar-refractivity contribution in [3.8, 4) is 0 Å². The van der Waals surface area contributed by atoms with E-state index in [1.54, 1.807) is 36.4 Å². The Balaban J connectivity index is 1.89. The number of hydrogen-bond acceptors (Lipinski definition) is 5. The van der Waals surface area contributed by atoms with Crippen LogP contribution >= 0.6 is 0 Å². The lowest BCUT2D eigenvalue weighted by Gasteiger charge is -2.15. The quantitative estimate of drug-likeness (QED) is 0.492. The Kier molecular flexibility index (Phi) is 5.94. The van der Waals surface area contributed by atoms with E-state index in [9.17, 15) is 19.7 Å². The highest BCUT2D eigenvalue weighted by Crippen LogP contribution is 2.11. The van der Waals surface area contributed by atoms with E-state index in [-0.39, 0.29) is 18.1 Å². The van der Waals surface area contributed by atoms with Gasteiger partial charge in [0, 0.05) is 30.3 Å². The summed E-state index contributed by atoms with van der Waals surface area (Å²) in [7, 11) is 1.51. The first-order valence-electron chi connectivity index (χ1n) is 7.34. The number of hydrazone groups is 1. The molecule has 0 saturated carbocycles. The van der Waals surface area contributed by atoms with E-state index < -0.39 is 10.8 Å². The summed E-state index contributed by atoms with van der Waals surface area (Å²) in [6.07, 6.45) is 1.30. The first kappa shape index (κ1) is 17.8. The van der Waals surface area contributed by atoms with Gasteiger partial charge < -0.3 is 4.90 Å². The third-order valence-corrected chi connectivity index (χ3v) is 3.23. The summed E-state index contributed by atoms with van der Waals surface area (Å²) < 4.78 is 0. The Bertz CT molecular complexity index is 805. The van der Waals surface area contributed by atoms with Crippen LogP contribution in [0.15, 0.2) is 59.7 Å². The zero-order valence-electron chi connectivity index (χ0n) is 13.5.